The number of allylic oxidation sites excluding steroid dienone is 9. The molecule has 0 spiro atoms. The molecule has 0 nitrogen and oxygen atoms in total. The first-order valence-electron chi connectivity index (χ1n) is 4.25. The van der Waals surface area contributed by atoms with Gasteiger partial charge in [-0.2, -0.15) is 12.2 Å². The van der Waals surface area contributed by atoms with E-state index in [4.69, 9.17) is 0 Å². The van der Waals surface area contributed by atoms with Gasteiger partial charge in [0.15, 0.2) is 0 Å². The second kappa shape index (κ2) is 24.6. The zero-order chi connectivity index (χ0) is 9.78. The van der Waals surface area contributed by atoms with Crippen LogP contribution in [0.1, 0.15) is 12.8 Å². The molecule has 16 heavy (non-hydrogen) atoms. The Morgan fingerprint density at radius 1 is 1.00 bits per heavy atom. The summed E-state index contributed by atoms with van der Waals surface area (Å²) in [5.41, 5.74) is 0. The number of hydrogen-bond donors (Lipinski definition) is 0. The van der Waals surface area contributed by atoms with Crippen LogP contribution in [0.15, 0.2) is 49.1 Å². The van der Waals surface area contributed by atoms with Crippen molar-refractivity contribution in [2.45, 2.75) is 12.8 Å². The topological polar surface area (TPSA) is 0 Å². The quantitative estimate of drug-likeness (QED) is 0.492. The summed E-state index contributed by atoms with van der Waals surface area (Å²) in [7, 11) is 0. The van der Waals surface area contributed by atoms with Crippen LogP contribution in [0, 0.1) is 19.1 Å². The van der Waals surface area contributed by atoms with Gasteiger partial charge in [0.2, 0.25) is 0 Å². The average molecular weight is 424 g/mol. The summed E-state index contributed by atoms with van der Waals surface area (Å²) < 4.78 is 0. The Labute approximate surface area is 140 Å². The van der Waals surface area contributed by atoms with E-state index in [-0.39, 0.29) is 60.2 Å². The summed E-state index contributed by atoms with van der Waals surface area (Å²) in [5, 5.41) is 0. The maximum atomic E-state index is 3.25. The molecule has 0 amide bonds. The van der Waals surface area contributed by atoms with E-state index in [1.54, 1.807) is 0 Å². The fourth-order valence-corrected chi connectivity index (χ4v) is 0.680. The Balaban J connectivity index is -0.0000000638. The molecule has 0 aliphatic heterocycles. The second-order valence-electron chi connectivity index (χ2n) is 2.29. The molecule has 1 radical (unpaired) electrons. The van der Waals surface area contributed by atoms with Gasteiger partial charge in [0.1, 0.15) is 0 Å². The fourth-order valence-electron chi connectivity index (χ4n) is 0.680. The molecule has 0 heterocycles. The van der Waals surface area contributed by atoms with Gasteiger partial charge < -0.3 is 0 Å². The van der Waals surface area contributed by atoms with Crippen molar-refractivity contribution >= 4 is 34.0 Å². The summed E-state index contributed by atoms with van der Waals surface area (Å²) in [6, 6.07) is 0. The van der Waals surface area contributed by atoms with E-state index in [2.05, 4.69) is 37.8 Å². The minimum absolute atomic E-state index is 0. The van der Waals surface area contributed by atoms with E-state index < -0.39 is 0 Å². The van der Waals surface area contributed by atoms with E-state index in [0.29, 0.717) is 0 Å². The summed E-state index contributed by atoms with van der Waals surface area (Å²) in [4.78, 5) is 0. The average Bonchev–Trinajstić information content (AvgIpc) is 2.85. The molecule has 3 heteroatoms. The molecule has 0 saturated heterocycles. The van der Waals surface area contributed by atoms with Gasteiger partial charge in [-0.3, -0.25) is 12.2 Å². The van der Waals surface area contributed by atoms with E-state index >= 15 is 0 Å². The first-order chi connectivity index (χ1) is 6.41. The van der Waals surface area contributed by atoms with E-state index in [1.807, 2.05) is 24.3 Å². The monoisotopic (exact) mass is 421 g/mol. The van der Waals surface area contributed by atoms with Gasteiger partial charge in [-0.1, -0.05) is 0 Å². The molecule has 2 aliphatic rings. The van der Waals surface area contributed by atoms with Crippen molar-refractivity contribution in [1.29, 1.82) is 0 Å². The third-order valence-electron chi connectivity index (χ3n) is 1.17. The maximum Gasteiger partial charge on any atom is 3.00 e. The summed E-state index contributed by atoms with van der Waals surface area (Å²) in [6.45, 7) is 6.50. The van der Waals surface area contributed by atoms with Crippen LogP contribution in [-0.4, -0.2) is 0 Å². The Hall–Kier alpha value is 0.413. The summed E-state index contributed by atoms with van der Waals surface area (Å²) in [6.07, 6.45) is 21.5. The van der Waals surface area contributed by atoms with Crippen molar-refractivity contribution in [3.8, 4) is 0 Å². The predicted molar refractivity (Wildman–Crippen MR) is 79.3 cm³/mol. The van der Waals surface area contributed by atoms with Gasteiger partial charge in [-0.15, -0.1) is 46.8 Å². The van der Waals surface area contributed by atoms with Crippen LogP contribution in [0.4, 0.5) is 0 Å². The van der Waals surface area contributed by atoms with Crippen molar-refractivity contribution < 1.29 is 26.2 Å². The number of rotatable bonds is 0. The van der Waals surface area contributed by atoms with Crippen molar-refractivity contribution in [2.24, 2.45) is 0 Å². The molecule has 87 valence electrons. The predicted octanol–water partition coefficient (Wildman–Crippen LogP) is 4.77. The van der Waals surface area contributed by atoms with Crippen LogP contribution >= 0.6 is 34.0 Å². The molecule has 0 unspecified atom stereocenters. The van der Waals surface area contributed by atoms with Crippen LogP contribution in [0.2, 0.25) is 0 Å². The number of hydrogen-bond acceptors (Lipinski definition) is 0. The van der Waals surface area contributed by atoms with E-state index in [9.17, 15) is 0 Å². The largest absolute Gasteiger partial charge is 3.00 e. The van der Waals surface area contributed by atoms with Crippen molar-refractivity contribution in [1.82, 2.24) is 0 Å². The normalized spacial score (nSPS) is 11.8. The Kier molecular flexibility index (Phi) is 38.9. The molecule has 0 saturated carbocycles. The van der Waals surface area contributed by atoms with E-state index in [0.717, 1.165) is 12.8 Å². The first kappa shape index (κ1) is 25.3. The first-order valence-corrected chi connectivity index (χ1v) is 4.25. The van der Waals surface area contributed by atoms with Gasteiger partial charge in [0.05, 0.1) is 0 Å². The van der Waals surface area contributed by atoms with Crippen LogP contribution in [0.5, 0.6) is 0 Å². The van der Waals surface area contributed by atoms with Gasteiger partial charge in [0.25, 0.3) is 0 Å². The van der Waals surface area contributed by atoms with Crippen molar-refractivity contribution in [2.75, 3.05) is 0 Å². The van der Waals surface area contributed by atoms with E-state index in [1.165, 1.54) is 6.08 Å². The van der Waals surface area contributed by atoms with Crippen LogP contribution in [0.25, 0.3) is 0 Å². The SMILES string of the molecule is Br.Br.C=C[CH2-].[C-]1=CC=CC1.[C-]1=CC=CC1.[Zr+3]. The molecule has 0 aromatic heterocycles. The zero-order valence-corrected chi connectivity index (χ0v) is 15.1. The minimum Gasteiger partial charge on any atom is -0.273 e. The van der Waals surface area contributed by atoms with Crippen LogP contribution in [0.3, 0.4) is 0 Å². The minimum atomic E-state index is 0. The van der Waals surface area contributed by atoms with Crippen LogP contribution < -0.4 is 0 Å². The van der Waals surface area contributed by atoms with Gasteiger partial charge in [-0.05, 0) is 0 Å². The Morgan fingerprint density at radius 2 is 1.31 bits per heavy atom. The third-order valence-corrected chi connectivity index (χ3v) is 1.17. The molecule has 0 fully saturated rings. The third kappa shape index (κ3) is 23.9. The zero-order valence-electron chi connectivity index (χ0n) is 9.19. The molecule has 2 rings (SSSR count). The molecule has 0 atom stereocenters. The molecule has 0 aromatic rings. The fraction of sp³-hybridized carbons (Fsp3) is 0.154. The Morgan fingerprint density at radius 3 is 1.38 bits per heavy atom. The standard InChI is InChI=1S/2C5H5.C3H5.2BrH.Zr/c2*1-2-4-5-3-1;1-3-2;;;/h2*1-3H,4H2;3H,1-2H2;2*1H;/q3*-1;;;+3. The summed E-state index contributed by atoms with van der Waals surface area (Å²) in [5.74, 6) is 0. The van der Waals surface area contributed by atoms with Gasteiger partial charge >= 0.3 is 26.2 Å². The second-order valence-corrected chi connectivity index (χ2v) is 2.29. The molecular weight excluding hydrogens is 407 g/mol. The maximum absolute atomic E-state index is 3.25. The van der Waals surface area contributed by atoms with Crippen molar-refractivity contribution in [3.05, 3.63) is 68.2 Å². The Bertz CT molecular complexity index is 186. The molecule has 2 aliphatic carbocycles. The molecule has 0 bridgehead atoms. The van der Waals surface area contributed by atoms with Crippen molar-refractivity contribution in [3.63, 3.8) is 0 Å². The number of halogens is 2. The molecular formula is C13H17Br2Zr. The molecule has 0 N–H and O–H groups in total. The van der Waals surface area contributed by atoms with Crippen LogP contribution in [-0.2, 0) is 26.2 Å². The summed E-state index contributed by atoms with van der Waals surface area (Å²) >= 11 is 0. The van der Waals surface area contributed by atoms with Gasteiger partial charge in [-0.25, -0.2) is 43.9 Å². The molecule has 0 aromatic carbocycles. The van der Waals surface area contributed by atoms with Gasteiger partial charge in [0, 0.05) is 0 Å². The smallest absolute Gasteiger partial charge is 0.273 e.